The quantitative estimate of drug-likeness (QED) is 0.816. The maximum Gasteiger partial charge on any atom is 0.264 e. The van der Waals surface area contributed by atoms with Crippen molar-refractivity contribution in [3.63, 3.8) is 0 Å². The fourth-order valence-corrected chi connectivity index (χ4v) is 4.28. The van der Waals surface area contributed by atoms with E-state index in [1.807, 2.05) is 55.5 Å². The number of rotatable bonds is 7. The molecule has 2 aliphatic rings. The third kappa shape index (κ3) is 4.01. The number of fused-ring (bicyclic) bond motifs is 1. The molecule has 27 heavy (non-hydrogen) atoms. The van der Waals surface area contributed by atoms with Gasteiger partial charge in [-0.3, -0.25) is 4.79 Å². The molecule has 1 N–H and O–H groups in total. The molecule has 0 aromatic heterocycles. The van der Waals surface area contributed by atoms with E-state index in [0.717, 1.165) is 12.3 Å². The molecule has 4 atom stereocenters. The van der Waals surface area contributed by atoms with E-state index in [4.69, 9.17) is 4.74 Å². The minimum Gasteiger partial charge on any atom is -0.481 e. The average Bonchev–Trinajstić information content (AvgIpc) is 3.45. The Bertz CT molecular complexity index is 737. The summed E-state index contributed by atoms with van der Waals surface area (Å²) in [5.74, 6) is 1.44. The maximum atomic E-state index is 13.5. The minimum atomic E-state index is -0.446. The summed E-state index contributed by atoms with van der Waals surface area (Å²) in [7, 11) is 0. The van der Waals surface area contributed by atoms with Gasteiger partial charge in [0, 0.05) is 12.6 Å². The molecule has 2 aromatic rings. The van der Waals surface area contributed by atoms with Crippen LogP contribution in [0.25, 0.3) is 0 Å². The molecule has 142 valence electrons. The molecule has 2 aromatic carbocycles. The van der Waals surface area contributed by atoms with Crippen molar-refractivity contribution in [2.24, 2.45) is 5.92 Å². The predicted octanol–water partition coefficient (Wildman–Crippen LogP) is 3.62. The molecule has 1 aliphatic carbocycles. The standard InChI is InChI=1S/C23H28N2O2/c1-2-20(27-18-12-7-4-8-13-18)23(26)25(16-17-10-5-3-6-11-17)22-19-14-9-15-24-21(19)22/h3-8,10-13,19-22,24H,2,9,14-16H2,1H3/t19?,20?,21?,22-/m0/s1. The van der Waals surface area contributed by atoms with Crippen molar-refractivity contribution >= 4 is 5.91 Å². The largest absolute Gasteiger partial charge is 0.481 e. The van der Waals surface area contributed by atoms with Gasteiger partial charge in [0.15, 0.2) is 6.10 Å². The minimum absolute atomic E-state index is 0.103. The topological polar surface area (TPSA) is 41.6 Å². The summed E-state index contributed by atoms with van der Waals surface area (Å²) >= 11 is 0. The summed E-state index contributed by atoms with van der Waals surface area (Å²) in [6.07, 6.45) is 2.62. The number of carbonyl (C=O) groups excluding carboxylic acids is 1. The summed E-state index contributed by atoms with van der Waals surface area (Å²) in [6, 6.07) is 20.7. The maximum absolute atomic E-state index is 13.5. The van der Waals surface area contributed by atoms with Gasteiger partial charge in [0.05, 0.1) is 6.04 Å². The van der Waals surface area contributed by atoms with Gasteiger partial charge in [0.2, 0.25) is 0 Å². The van der Waals surface area contributed by atoms with Gasteiger partial charge in [-0.15, -0.1) is 0 Å². The van der Waals surface area contributed by atoms with Crippen LogP contribution < -0.4 is 10.1 Å². The zero-order valence-electron chi connectivity index (χ0n) is 15.9. The third-order valence-electron chi connectivity index (χ3n) is 5.73. The number of para-hydroxylation sites is 1. The van der Waals surface area contributed by atoms with Crippen LogP contribution in [0.1, 0.15) is 31.7 Å². The normalized spacial score (nSPS) is 24.6. The first-order valence-corrected chi connectivity index (χ1v) is 10.1. The van der Waals surface area contributed by atoms with Crippen LogP contribution in [-0.2, 0) is 11.3 Å². The van der Waals surface area contributed by atoms with Crippen LogP contribution in [0.5, 0.6) is 5.75 Å². The van der Waals surface area contributed by atoms with Crippen molar-refractivity contribution in [3.8, 4) is 5.75 Å². The summed E-state index contributed by atoms with van der Waals surface area (Å²) in [6.45, 7) is 3.72. The van der Waals surface area contributed by atoms with Crippen molar-refractivity contribution in [2.45, 2.75) is 50.9 Å². The SMILES string of the molecule is CCC(Oc1ccccc1)C(=O)N(Cc1ccccc1)[C@H]1C2CCCNC21. The first-order valence-electron chi connectivity index (χ1n) is 10.1. The Morgan fingerprint density at radius 3 is 2.48 bits per heavy atom. The molecule has 1 saturated heterocycles. The molecular formula is C23H28N2O2. The first kappa shape index (κ1) is 18.1. The molecule has 4 nitrogen and oxygen atoms in total. The van der Waals surface area contributed by atoms with E-state index >= 15 is 0 Å². The third-order valence-corrected chi connectivity index (χ3v) is 5.73. The Hall–Kier alpha value is -2.33. The highest BCUT2D eigenvalue weighted by atomic mass is 16.5. The second-order valence-corrected chi connectivity index (χ2v) is 7.56. The predicted molar refractivity (Wildman–Crippen MR) is 106 cm³/mol. The second-order valence-electron chi connectivity index (χ2n) is 7.56. The van der Waals surface area contributed by atoms with Crippen LogP contribution in [-0.4, -0.2) is 35.5 Å². The molecular weight excluding hydrogens is 336 g/mol. The number of ether oxygens (including phenoxy) is 1. The number of amides is 1. The van der Waals surface area contributed by atoms with Gasteiger partial charge in [0.25, 0.3) is 5.91 Å². The number of benzene rings is 2. The van der Waals surface area contributed by atoms with Crippen LogP contribution in [0.4, 0.5) is 0 Å². The molecule has 4 rings (SSSR count). The monoisotopic (exact) mass is 364 g/mol. The molecule has 1 heterocycles. The van der Waals surface area contributed by atoms with Gasteiger partial charge in [-0.05, 0) is 49.4 Å². The molecule has 3 unspecified atom stereocenters. The van der Waals surface area contributed by atoms with Gasteiger partial charge in [0.1, 0.15) is 5.75 Å². The van der Waals surface area contributed by atoms with Crippen molar-refractivity contribution in [3.05, 3.63) is 66.2 Å². The van der Waals surface area contributed by atoms with Crippen molar-refractivity contribution in [2.75, 3.05) is 6.54 Å². The average molecular weight is 364 g/mol. The van der Waals surface area contributed by atoms with Crippen LogP contribution >= 0.6 is 0 Å². The molecule has 2 fully saturated rings. The van der Waals surface area contributed by atoms with E-state index in [0.29, 0.717) is 24.9 Å². The highest BCUT2D eigenvalue weighted by Crippen LogP contribution is 2.43. The number of nitrogens with one attached hydrogen (secondary N) is 1. The molecule has 1 amide bonds. The van der Waals surface area contributed by atoms with Crippen molar-refractivity contribution < 1.29 is 9.53 Å². The Morgan fingerprint density at radius 1 is 1.15 bits per heavy atom. The van der Waals surface area contributed by atoms with Crippen LogP contribution in [0, 0.1) is 5.92 Å². The molecule has 0 radical (unpaired) electrons. The van der Waals surface area contributed by atoms with Crippen molar-refractivity contribution in [1.82, 2.24) is 10.2 Å². The zero-order chi connectivity index (χ0) is 18.6. The molecule has 0 spiro atoms. The fraction of sp³-hybridized carbons (Fsp3) is 0.435. The van der Waals surface area contributed by atoms with E-state index in [1.165, 1.54) is 18.4 Å². The molecule has 1 saturated carbocycles. The lowest BCUT2D eigenvalue weighted by Gasteiger charge is -2.28. The Kier molecular flexibility index (Phi) is 5.44. The second kappa shape index (κ2) is 8.13. The molecule has 0 bridgehead atoms. The van der Waals surface area contributed by atoms with Crippen LogP contribution in [0.2, 0.25) is 0 Å². The van der Waals surface area contributed by atoms with Crippen molar-refractivity contribution in [1.29, 1.82) is 0 Å². The van der Waals surface area contributed by atoms with Gasteiger partial charge in [-0.25, -0.2) is 0 Å². The molecule has 1 aliphatic heterocycles. The summed E-state index contributed by atoms with van der Waals surface area (Å²) < 4.78 is 6.06. The Morgan fingerprint density at radius 2 is 1.85 bits per heavy atom. The van der Waals surface area contributed by atoms with E-state index < -0.39 is 6.10 Å². The van der Waals surface area contributed by atoms with E-state index in [1.54, 1.807) is 0 Å². The summed E-state index contributed by atoms with van der Waals surface area (Å²) in [5, 5.41) is 3.60. The lowest BCUT2D eigenvalue weighted by Crippen LogP contribution is -2.44. The number of nitrogens with zero attached hydrogens (tertiary/aromatic N) is 1. The highest BCUT2D eigenvalue weighted by molar-refractivity contribution is 5.82. The van der Waals surface area contributed by atoms with Crippen LogP contribution in [0.15, 0.2) is 60.7 Å². The number of hydrogen-bond acceptors (Lipinski definition) is 3. The number of piperidine rings is 1. The zero-order valence-corrected chi connectivity index (χ0v) is 15.9. The van der Waals surface area contributed by atoms with E-state index in [2.05, 4.69) is 22.3 Å². The number of hydrogen-bond donors (Lipinski definition) is 1. The lowest BCUT2D eigenvalue weighted by atomic mass is 10.1. The number of carbonyl (C=O) groups is 1. The van der Waals surface area contributed by atoms with E-state index in [9.17, 15) is 4.79 Å². The first-order chi connectivity index (χ1) is 13.3. The lowest BCUT2D eigenvalue weighted by molar-refractivity contribution is -0.140. The van der Waals surface area contributed by atoms with E-state index in [-0.39, 0.29) is 11.9 Å². The Labute approximate surface area is 161 Å². The molecule has 4 heteroatoms. The van der Waals surface area contributed by atoms with Gasteiger partial charge >= 0.3 is 0 Å². The van der Waals surface area contributed by atoms with Crippen LogP contribution in [0.3, 0.4) is 0 Å². The smallest absolute Gasteiger partial charge is 0.264 e. The summed E-state index contributed by atoms with van der Waals surface area (Å²) in [5.41, 5.74) is 1.17. The Balaban J connectivity index is 1.54. The van der Waals surface area contributed by atoms with Gasteiger partial charge in [-0.1, -0.05) is 55.5 Å². The highest BCUT2D eigenvalue weighted by Gasteiger charge is 2.56. The van der Waals surface area contributed by atoms with Gasteiger partial charge in [-0.2, -0.15) is 0 Å². The summed E-state index contributed by atoms with van der Waals surface area (Å²) in [4.78, 5) is 15.6. The van der Waals surface area contributed by atoms with Gasteiger partial charge < -0.3 is 15.0 Å². The fourth-order valence-electron chi connectivity index (χ4n) is 4.28.